The van der Waals surface area contributed by atoms with Gasteiger partial charge in [0.15, 0.2) is 0 Å². The molecule has 0 aliphatic rings. The van der Waals surface area contributed by atoms with E-state index in [0.717, 1.165) is 19.3 Å². The second-order valence-electron chi connectivity index (χ2n) is 5.55. The van der Waals surface area contributed by atoms with Crippen molar-refractivity contribution in [2.24, 2.45) is 11.8 Å². The molecule has 1 atom stereocenters. The average molecular weight is 286 g/mol. The zero-order chi connectivity index (χ0) is 15.5. The van der Waals surface area contributed by atoms with Crippen molar-refractivity contribution in [1.82, 2.24) is 0 Å². The Balaban J connectivity index is 3.91. The lowest BCUT2D eigenvalue weighted by Gasteiger charge is -2.19. The molecule has 4 nitrogen and oxygen atoms in total. The molecule has 0 saturated carbocycles. The molecule has 0 N–H and O–H groups in total. The van der Waals surface area contributed by atoms with Crippen molar-refractivity contribution in [3.63, 3.8) is 0 Å². The van der Waals surface area contributed by atoms with E-state index >= 15 is 0 Å². The minimum atomic E-state index is -0.315. The van der Waals surface area contributed by atoms with E-state index in [0.29, 0.717) is 18.4 Å². The summed E-state index contributed by atoms with van der Waals surface area (Å²) < 4.78 is 10.5. The SMILES string of the molecule is CCC(CC)COC(=O)CCC(=O)OC(CC)C(C)C. The molecule has 0 amide bonds. The van der Waals surface area contributed by atoms with Gasteiger partial charge in [-0.2, -0.15) is 0 Å². The molecule has 0 saturated heterocycles. The van der Waals surface area contributed by atoms with Gasteiger partial charge in [0, 0.05) is 0 Å². The molecule has 1 unspecified atom stereocenters. The van der Waals surface area contributed by atoms with Crippen LogP contribution in [0.4, 0.5) is 0 Å². The molecule has 4 heteroatoms. The van der Waals surface area contributed by atoms with Crippen LogP contribution in [-0.2, 0) is 19.1 Å². The first kappa shape index (κ1) is 18.9. The van der Waals surface area contributed by atoms with Gasteiger partial charge in [-0.05, 0) is 18.3 Å². The van der Waals surface area contributed by atoms with Crippen LogP contribution in [0, 0.1) is 11.8 Å². The molecule has 0 radical (unpaired) electrons. The summed E-state index contributed by atoms with van der Waals surface area (Å²) in [4.78, 5) is 23.2. The fourth-order valence-electron chi connectivity index (χ4n) is 1.93. The van der Waals surface area contributed by atoms with Crippen LogP contribution in [0.3, 0.4) is 0 Å². The van der Waals surface area contributed by atoms with Crippen molar-refractivity contribution in [2.45, 2.75) is 72.8 Å². The quantitative estimate of drug-likeness (QED) is 0.574. The summed E-state index contributed by atoms with van der Waals surface area (Å²) in [5.74, 6) is 0.0820. The Hall–Kier alpha value is -1.06. The number of hydrogen-bond donors (Lipinski definition) is 0. The number of carbonyl (C=O) groups is 2. The standard InChI is InChI=1S/C16H30O4/c1-6-13(7-2)11-19-15(17)9-10-16(18)20-14(8-3)12(4)5/h12-14H,6-11H2,1-5H3. The Bertz CT molecular complexity index is 282. The zero-order valence-corrected chi connectivity index (χ0v) is 13.6. The van der Waals surface area contributed by atoms with Crippen molar-refractivity contribution < 1.29 is 19.1 Å². The lowest BCUT2D eigenvalue weighted by Crippen LogP contribution is -2.23. The summed E-state index contributed by atoms with van der Waals surface area (Å²) >= 11 is 0. The van der Waals surface area contributed by atoms with Crippen LogP contribution < -0.4 is 0 Å². The second kappa shape index (κ2) is 10.7. The zero-order valence-electron chi connectivity index (χ0n) is 13.6. The highest BCUT2D eigenvalue weighted by Gasteiger charge is 2.17. The van der Waals surface area contributed by atoms with Crippen molar-refractivity contribution >= 4 is 11.9 Å². The van der Waals surface area contributed by atoms with Gasteiger partial charge in [0.25, 0.3) is 0 Å². The van der Waals surface area contributed by atoms with Crippen molar-refractivity contribution in [3.05, 3.63) is 0 Å². The molecule has 0 spiro atoms. The Labute approximate surface area is 123 Å². The minimum absolute atomic E-state index is 0.0666. The lowest BCUT2D eigenvalue weighted by molar-refractivity contribution is -0.155. The van der Waals surface area contributed by atoms with Crippen LogP contribution in [0.5, 0.6) is 0 Å². The van der Waals surface area contributed by atoms with Gasteiger partial charge in [-0.3, -0.25) is 9.59 Å². The van der Waals surface area contributed by atoms with E-state index in [4.69, 9.17) is 9.47 Å². The molecular formula is C16H30O4. The smallest absolute Gasteiger partial charge is 0.306 e. The third kappa shape index (κ3) is 8.18. The second-order valence-corrected chi connectivity index (χ2v) is 5.55. The fraction of sp³-hybridized carbons (Fsp3) is 0.875. The topological polar surface area (TPSA) is 52.6 Å². The molecule has 0 aromatic carbocycles. The third-order valence-electron chi connectivity index (χ3n) is 3.60. The number of rotatable bonds is 10. The van der Waals surface area contributed by atoms with Crippen molar-refractivity contribution in [1.29, 1.82) is 0 Å². The van der Waals surface area contributed by atoms with Crippen molar-refractivity contribution in [3.8, 4) is 0 Å². The summed E-state index contributed by atoms with van der Waals surface area (Å²) in [6, 6.07) is 0. The summed E-state index contributed by atoms with van der Waals surface area (Å²) in [5, 5.41) is 0. The molecule has 0 aliphatic carbocycles. The predicted molar refractivity (Wildman–Crippen MR) is 79.3 cm³/mol. The summed E-state index contributed by atoms with van der Waals surface area (Å²) in [7, 11) is 0. The fourth-order valence-corrected chi connectivity index (χ4v) is 1.93. The summed E-state index contributed by atoms with van der Waals surface area (Å²) in [6.07, 6.45) is 2.93. The Morgan fingerprint density at radius 1 is 0.900 bits per heavy atom. The van der Waals surface area contributed by atoms with Gasteiger partial charge >= 0.3 is 11.9 Å². The van der Waals surface area contributed by atoms with Gasteiger partial charge in [-0.25, -0.2) is 0 Å². The van der Waals surface area contributed by atoms with Gasteiger partial charge in [0.2, 0.25) is 0 Å². The van der Waals surface area contributed by atoms with E-state index in [9.17, 15) is 9.59 Å². The highest BCUT2D eigenvalue weighted by Crippen LogP contribution is 2.12. The molecular weight excluding hydrogens is 256 g/mol. The molecule has 0 aliphatic heterocycles. The van der Waals surface area contributed by atoms with Gasteiger partial charge in [0.1, 0.15) is 6.10 Å². The minimum Gasteiger partial charge on any atom is -0.465 e. The molecule has 118 valence electrons. The van der Waals surface area contributed by atoms with E-state index < -0.39 is 0 Å². The molecule has 0 bridgehead atoms. The third-order valence-corrected chi connectivity index (χ3v) is 3.60. The number of ether oxygens (including phenoxy) is 2. The van der Waals surface area contributed by atoms with Crippen molar-refractivity contribution in [2.75, 3.05) is 6.61 Å². The first-order valence-corrected chi connectivity index (χ1v) is 7.79. The maximum atomic E-state index is 11.6. The van der Waals surface area contributed by atoms with Gasteiger partial charge in [-0.15, -0.1) is 0 Å². The first-order valence-electron chi connectivity index (χ1n) is 7.79. The maximum Gasteiger partial charge on any atom is 0.306 e. The maximum absolute atomic E-state index is 11.6. The van der Waals surface area contributed by atoms with E-state index in [-0.39, 0.29) is 30.9 Å². The number of carbonyl (C=O) groups excluding carboxylic acids is 2. The normalized spacial score (nSPS) is 12.6. The first-order chi connectivity index (χ1) is 9.44. The molecule has 0 fully saturated rings. The van der Waals surface area contributed by atoms with Gasteiger partial charge in [0.05, 0.1) is 19.4 Å². The van der Waals surface area contributed by atoms with E-state index in [1.807, 2.05) is 20.8 Å². The van der Waals surface area contributed by atoms with E-state index in [2.05, 4.69) is 13.8 Å². The van der Waals surface area contributed by atoms with E-state index in [1.165, 1.54) is 0 Å². The van der Waals surface area contributed by atoms with Crippen LogP contribution in [0.15, 0.2) is 0 Å². The van der Waals surface area contributed by atoms with Crippen LogP contribution >= 0.6 is 0 Å². The highest BCUT2D eigenvalue weighted by molar-refractivity contribution is 5.77. The number of hydrogen-bond acceptors (Lipinski definition) is 4. The largest absolute Gasteiger partial charge is 0.465 e. The summed E-state index contributed by atoms with van der Waals surface area (Å²) in [5.41, 5.74) is 0. The van der Waals surface area contributed by atoms with Gasteiger partial charge < -0.3 is 9.47 Å². The monoisotopic (exact) mass is 286 g/mol. The Morgan fingerprint density at radius 3 is 1.90 bits per heavy atom. The lowest BCUT2D eigenvalue weighted by atomic mass is 10.1. The van der Waals surface area contributed by atoms with Crippen LogP contribution in [0.2, 0.25) is 0 Å². The van der Waals surface area contributed by atoms with Crippen LogP contribution in [0.25, 0.3) is 0 Å². The molecule has 0 aromatic rings. The molecule has 0 aromatic heterocycles. The Kier molecular flexibility index (Phi) is 10.1. The highest BCUT2D eigenvalue weighted by atomic mass is 16.5. The van der Waals surface area contributed by atoms with E-state index in [1.54, 1.807) is 0 Å². The predicted octanol–water partition coefficient (Wildman–Crippen LogP) is 3.72. The molecule has 0 rings (SSSR count). The molecule has 0 heterocycles. The number of esters is 2. The Morgan fingerprint density at radius 2 is 1.45 bits per heavy atom. The van der Waals surface area contributed by atoms with Crippen LogP contribution in [0.1, 0.15) is 66.7 Å². The van der Waals surface area contributed by atoms with Crippen LogP contribution in [-0.4, -0.2) is 24.6 Å². The molecule has 20 heavy (non-hydrogen) atoms. The van der Waals surface area contributed by atoms with Gasteiger partial charge in [-0.1, -0.05) is 47.5 Å². The summed E-state index contributed by atoms with van der Waals surface area (Å²) in [6.45, 7) is 10.6. The average Bonchev–Trinajstić information content (AvgIpc) is 2.43.